The molecule has 198 valence electrons. The van der Waals surface area contributed by atoms with Crippen LogP contribution in [0.4, 0.5) is 9.93 Å². The van der Waals surface area contributed by atoms with Crippen LogP contribution in [-0.2, 0) is 21.6 Å². The molecule has 0 radical (unpaired) electrons. The van der Waals surface area contributed by atoms with Crippen LogP contribution in [0.3, 0.4) is 0 Å². The summed E-state index contributed by atoms with van der Waals surface area (Å²) in [6.07, 6.45) is 6.64. The number of carbonyl (C=O) groups excluding carboxylic acids is 1. The molecule has 2 aromatic rings. The Morgan fingerprint density at radius 2 is 1.89 bits per heavy atom. The summed E-state index contributed by atoms with van der Waals surface area (Å²) in [5.41, 5.74) is 2.60. The second-order valence-electron chi connectivity index (χ2n) is 10.6. The predicted molar refractivity (Wildman–Crippen MR) is 147 cm³/mol. The summed E-state index contributed by atoms with van der Waals surface area (Å²) < 4.78 is 6.70. The van der Waals surface area contributed by atoms with Crippen molar-refractivity contribution in [2.45, 2.75) is 82.1 Å². The summed E-state index contributed by atoms with van der Waals surface area (Å²) in [6.45, 7) is 10.7. The molecule has 1 aromatic heterocycles. The SMILES string of the molecule is CC1CCC(N(CCCOCc2ccc(C(C)(C)C)cc2)C(=O)Nc2ncc(SCC(=O)O)s2)CC1. The maximum Gasteiger partial charge on any atom is 0.323 e. The zero-order chi connectivity index (χ0) is 26.1. The maximum absolute atomic E-state index is 13.2. The minimum absolute atomic E-state index is 0.0251. The van der Waals surface area contributed by atoms with Crippen molar-refractivity contribution in [3.8, 4) is 0 Å². The molecule has 1 saturated carbocycles. The molecule has 1 heterocycles. The Labute approximate surface area is 223 Å². The molecule has 0 saturated heterocycles. The van der Waals surface area contributed by atoms with Gasteiger partial charge >= 0.3 is 12.0 Å². The van der Waals surface area contributed by atoms with Crippen molar-refractivity contribution in [2.24, 2.45) is 5.92 Å². The lowest BCUT2D eigenvalue weighted by molar-refractivity contribution is -0.133. The van der Waals surface area contributed by atoms with E-state index in [1.165, 1.54) is 28.7 Å². The fourth-order valence-corrected chi connectivity index (χ4v) is 5.89. The molecule has 1 aromatic carbocycles. The van der Waals surface area contributed by atoms with Gasteiger partial charge in [-0.25, -0.2) is 9.78 Å². The zero-order valence-electron chi connectivity index (χ0n) is 21.8. The number of anilines is 1. The number of nitrogens with one attached hydrogen (secondary N) is 1. The first-order valence-electron chi connectivity index (χ1n) is 12.7. The fraction of sp³-hybridized carbons (Fsp3) is 0.593. The Kier molecular flexibility index (Phi) is 10.6. The van der Waals surface area contributed by atoms with Crippen molar-refractivity contribution < 1.29 is 19.4 Å². The molecule has 36 heavy (non-hydrogen) atoms. The largest absolute Gasteiger partial charge is 0.481 e. The third-order valence-electron chi connectivity index (χ3n) is 6.50. The fourth-order valence-electron chi connectivity index (χ4n) is 4.31. The third-order valence-corrected chi connectivity index (χ3v) is 8.59. The first-order chi connectivity index (χ1) is 17.1. The highest BCUT2D eigenvalue weighted by Crippen LogP contribution is 2.30. The van der Waals surface area contributed by atoms with Crippen molar-refractivity contribution in [1.82, 2.24) is 9.88 Å². The van der Waals surface area contributed by atoms with E-state index in [1.807, 2.05) is 4.90 Å². The van der Waals surface area contributed by atoms with Gasteiger partial charge in [-0.1, -0.05) is 63.3 Å². The first kappa shape index (κ1) is 28.5. The number of carbonyl (C=O) groups is 2. The van der Waals surface area contributed by atoms with Crippen LogP contribution in [0.5, 0.6) is 0 Å². The average Bonchev–Trinajstić information content (AvgIpc) is 3.27. The number of nitrogens with zero attached hydrogens (tertiary/aromatic N) is 2. The average molecular weight is 534 g/mol. The van der Waals surface area contributed by atoms with Crippen LogP contribution >= 0.6 is 23.1 Å². The van der Waals surface area contributed by atoms with E-state index in [2.05, 4.69) is 62.3 Å². The van der Waals surface area contributed by atoms with Crippen molar-refractivity contribution in [1.29, 1.82) is 0 Å². The van der Waals surface area contributed by atoms with Crippen LogP contribution in [0, 0.1) is 5.92 Å². The highest BCUT2D eigenvalue weighted by atomic mass is 32.2. The smallest absolute Gasteiger partial charge is 0.323 e. The van der Waals surface area contributed by atoms with E-state index in [1.54, 1.807) is 6.20 Å². The molecular formula is C27H39N3O4S2. The highest BCUT2D eigenvalue weighted by Gasteiger charge is 2.28. The van der Waals surface area contributed by atoms with E-state index >= 15 is 0 Å². The Bertz CT molecular complexity index is 980. The number of thiazole rings is 1. The number of urea groups is 1. The number of benzene rings is 1. The molecule has 3 rings (SSSR count). The summed E-state index contributed by atoms with van der Waals surface area (Å²) in [7, 11) is 0. The quantitative estimate of drug-likeness (QED) is 0.249. The summed E-state index contributed by atoms with van der Waals surface area (Å²) in [6, 6.07) is 8.66. The molecule has 0 spiro atoms. The number of carboxylic acids is 1. The van der Waals surface area contributed by atoms with Gasteiger partial charge in [0.25, 0.3) is 0 Å². The second-order valence-corrected chi connectivity index (χ2v) is 12.9. The second kappa shape index (κ2) is 13.4. The van der Waals surface area contributed by atoms with Gasteiger partial charge in [-0.15, -0.1) is 11.8 Å². The van der Waals surface area contributed by atoms with Gasteiger partial charge in [0, 0.05) is 19.2 Å². The van der Waals surface area contributed by atoms with Gasteiger partial charge in [0.2, 0.25) is 0 Å². The molecule has 9 heteroatoms. The lowest BCUT2D eigenvalue weighted by Gasteiger charge is -2.36. The van der Waals surface area contributed by atoms with Crippen LogP contribution in [-0.4, -0.2) is 51.9 Å². The Morgan fingerprint density at radius 1 is 1.19 bits per heavy atom. The molecule has 7 nitrogen and oxygen atoms in total. The van der Waals surface area contributed by atoms with E-state index in [-0.39, 0.29) is 23.2 Å². The molecule has 0 bridgehead atoms. The topological polar surface area (TPSA) is 91.8 Å². The van der Waals surface area contributed by atoms with Crippen LogP contribution < -0.4 is 5.32 Å². The Balaban J connectivity index is 1.51. The van der Waals surface area contributed by atoms with Gasteiger partial charge in [0.05, 0.1) is 22.8 Å². The Hall–Kier alpha value is -2.10. The van der Waals surface area contributed by atoms with Gasteiger partial charge in [0.15, 0.2) is 5.13 Å². The number of carboxylic acid groups (broad SMARTS) is 1. The van der Waals surface area contributed by atoms with Crippen molar-refractivity contribution in [3.05, 3.63) is 41.6 Å². The van der Waals surface area contributed by atoms with Crippen LogP contribution in [0.1, 0.15) is 70.9 Å². The van der Waals surface area contributed by atoms with E-state index in [4.69, 9.17) is 9.84 Å². The molecule has 0 atom stereocenters. The van der Waals surface area contributed by atoms with Gasteiger partial charge in [-0.2, -0.15) is 0 Å². The van der Waals surface area contributed by atoms with Gasteiger partial charge < -0.3 is 14.7 Å². The monoisotopic (exact) mass is 533 g/mol. The van der Waals surface area contributed by atoms with Crippen LogP contribution in [0.15, 0.2) is 34.7 Å². The van der Waals surface area contributed by atoms with Crippen molar-refractivity contribution >= 4 is 40.2 Å². The minimum Gasteiger partial charge on any atom is -0.481 e. The standard InChI is InChI=1S/C27H39N3O4S2/c1-19-6-12-22(13-7-19)30(26(33)29-25-28-16-24(36-25)35-18-23(31)32)14-5-15-34-17-20-8-10-21(11-9-20)27(2,3)4/h8-11,16,19,22H,5-7,12-15,17-18H2,1-4H3,(H,31,32)(H,28,29,33). The predicted octanol–water partition coefficient (Wildman–Crippen LogP) is 6.64. The summed E-state index contributed by atoms with van der Waals surface area (Å²) in [4.78, 5) is 30.2. The number of ether oxygens (including phenoxy) is 1. The van der Waals surface area contributed by atoms with E-state index in [0.717, 1.165) is 41.9 Å². The van der Waals surface area contributed by atoms with Crippen LogP contribution in [0.25, 0.3) is 0 Å². The van der Waals surface area contributed by atoms with Gasteiger partial charge in [0.1, 0.15) is 0 Å². The van der Waals surface area contributed by atoms with Gasteiger partial charge in [-0.3, -0.25) is 10.1 Å². The summed E-state index contributed by atoms with van der Waals surface area (Å²) >= 11 is 2.51. The number of hydrogen-bond donors (Lipinski definition) is 2. The molecule has 1 aliphatic rings. The number of rotatable bonds is 11. The highest BCUT2D eigenvalue weighted by molar-refractivity contribution is 8.01. The normalized spacial score (nSPS) is 18.1. The molecule has 2 N–H and O–H groups in total. The first-order valence-corrected chi connectivity index (χ1v) is 14.5. The van der Waals surface area contributed by atoms with Crippen LogP contribution in [0.2, 0.25) is 0 Å². The number of amides is 2. The third kappa shape index (κ3) is 9.09. The summed E-state index contributed by atoms with van der Waals surface area (Å²) in [5.74, 6) is -0.198. The molecule has 0 unspecified atom stereocenters. The number of thioether (sulfide) groups is 1. The minimum atomic E-state index is -0.874. The Morgan fingerprint density at radius 3 is 2.53 bits per heavy atom. The zero-order valence-corrected chi connectivity index (χ0v) is 23.4. The van der Waals surface area contributed by atoms with Gasteiger partial charge in [-0.05, 0) is 54.6 Å². The molecule has 2 amide bonds. The lowest BCUT2D eigenvalue weighted by atomic mass is 9.86. The van der Waals surface area contributed by atoms with Crippen molar-refractivity contribution in [3.63, 3.8) is 0 Å². The van der Waals surface area contributed by atoms with E-state index in [9.17, 15) is 9.59 Å². The molecule has 1 fully saturated rings. The lowest BCUT2D eigenvalue weighted by Crippen LogP contribution is -2.45. The number of aromatic nitrogens is 1. The van der Waals surface area contributed by atoms with Crippen molar-refractivity contribution in [2.75, 3.05) is 24.2 Å². The van der Waals surface area contributed by atoms with E-state index < -0.39 is 5.97 Å². The van der Waals surface area contributed by atoms with E-state index in [0.29, 0.717) is 30.8 Å². The molecular weight excluding hydrogens is 494 g/mol. The molecule has 0 aliphatic heterocycles. The molecule has 1 aliphatic carbocycles. The number of aliphatic carboxylic acids is 1. The maximum atomic E-state index is 13.2. The number of hydrogen-bond acceptors (Lipinski definition) is 6. The summed E-state index contributed by atoms with van der Waals surface area (Å²) in [5, 5.41) is 12.3.